The van der Waals surface area contributed by atoms with Crippen LogP contribution >= 0.6 is 27.5 Å². The molecule has 19 heavy (non-hydrogen) atoms. The first-order chi connectivity index (χ1) is 8.63. The Bertz CT molecular complexity index is 572. The first kappa shape index (κ1) is 16.4. The van der Waals surface area contributed by atoms with Crippen molar-refractivity contribution in [2.75, 3.05) is 5.75 Å². The highest BCUT2D eigenvalue weighted by atomic mass is 79.9. The molecule has 106 valence electrons. The van der Waals surface area contributed by atoms with Crippen molar-refractivity contribution in [1.82, 2.24) is 0 Å². The monoisotopic (exact) mass is 371 g/mol. The van der Waals surface area contributed by atoms with Crippen molar-refractivity contribution in [2.24, 2.45) is 0 Å². The van der Waals surface area contributed by atoms with Gasteiger partial charge in [-0.3, -0.25) is 10.1 Å². The van der Waals surface area contributed by atoms with E-state index in [1.165, 1.54) is 19.1 Å². The van der Waals surface area contributed by atoms with Crippen LogP contribution in [0.15, 0.2) is 24.3 Å². The van der Waals surface area contributed by atoms with Crippen LogP contribution in [0.1, 0.15) is 18.6 Å². The lowest BCUT2D eigenvalue weighted by Gasteiger charge is -2.25. The average molecular weight is 373 g/mol. The van der Waals surface area contributed by atoms with E-state index in [-0.39, 0.29) is 17.0 Å². The second-order valence-corrected chi connectivity index (χ2v) is 9.22. The number of non-ortho nitro benzene ring substituents is 1. The normalized spacial score (nSPS) is 16.6. The first-order valence-electron chi connectivity index (χ1n) is 5.16. The number of aliphatic hydroxyl groups excluding tert-OH is 1. The SMILES string of the molecule is CCS(=O)(=O)[C@](Cl)(Br)[C@@H](O)c1ccc([N+](=O)[O-])cc1. The number of hydrogen-bond donors (Lipinski definition) is 1. The van der Waals surface area contributed by atoms with Gasteiger partial charge in [0.25, 0.3) is 5.69 Å². The van der Waals surface area contributed by atoms with Crippen LogP contribution in [0.5, 0.6) is 0 Å². The summed E-state index contributed by atoms with van der Waals surface area (Å²) in [5.41, 5.74) is -0.00135. The molecule has 0 aliphatic carbocycles. The molecule has 1 aromatic carbocycles. The van der Waals surface area contributed by atoms with Gasteiger partial charge in [0.1, 0.15) is 6.10 Å². The van der Waals surface area contributed by atoms with E-state index in [1.54, 1.807) is 0 Å². The largest absolute Gasteiger partial charge is 0.385 e. The van der Waals surface area contributed by atoms with E-state index in [0.29, 0.717) is 0 Å². The molecule has 9 heteroatoms. The molecule has 0 saturated heterocycles. The van der Waals surface area contributed by atoms with Crippen molar-refractivity contribution in [3.63, 3.8) is 0 Å². The minimum atomic E-state index is -3.77. The zero-order chi connectivity index (χ0) is 14.8. The van der Waals surface area contributed by atoms with E-state index in [2.05, 4.69) is 15.9 Å². The van der Waals surface area contributed by atoms with E-state index in [4.69, 9.17) is 11.6 Å². The smallest absolute Gasteiger partial charge is 0.269 e. The highest BCUT2D eigenvalue weighted by molar-refractivity contribution is 9.12. The Balaban J connectivity index is 3.13. The lowest BCUT2D eigenvalue weighted by atomic mass is 10.1. The molecule has 0 bridgehead atoms. The molecule has 0 radical (unpaired) electrons. The Kier molecular flexibility index (Phi) is 4.94. The molecular weight excluding hydrogens is 362 g/mol. The summed E-state index contributed by atoms with van der Waals surface area (Å²) >= 11 is 8.67. The predicted molar refractivity (Wildman–Crippen MR) is 75.0 cm³/mol. The Hall–Kier alpha value is -0.700. The van der Waals surface area contributed by atoms with E-state index in [0.717, 1.165) is 12.1 Å². The summed E-state index contributed by atoms with van der Waals surface area (Å²) in [7, 11) is -3.77. The molecular formula is C10H11BrClNO5S. The fraction of sp³-hybridized carbons (Fsp3) is 0.400. The van der Waals surface area contributed by atoms with Gasteiger partial charge in [-0.05, 0) is 33.6 Å². The van der Waals surface area contributed by atoms with Crippen molar-refractivity contribution in [1.29, 1.82) is 0 Å². The summed E-state index contributed by atoms with van der Waals surface area (Å²) in [5.74, 6) is -0.258. The Morgan fingerprint density at radius 3 is 2.32 bits per heavy atom. The van der Waals surface area contributed by atoms with Gasteiger partial charge >= 0.3 is 0 Å². The second kappa shape index (κ2) is 5.74. The zero-order valence-corrected chi connectivity index (χ0v) is 12.9. The van der Waals surface area contributed by atoms with E-state index >= 15 is 0 Å². The number of rotatable bonds is 5. The third-order valence-electron chi connectivity index (χ3n) is 2.53. The fourth-order valence-electron chi connectivity index (χ4n) is 1.33. The summed E-state index contributed by atoms with van der Waals surface area (Å²) < 4.78 is 21.5. The van der Waals surface area contributed by atoms with Gasteiger partial charge in [-0.15, -0.1) is 0 Å². The van der Waals surface area contributed by atoms with Crippen molar-refractivity contribution in [3.05, 3.63) is 39.9 Å². The third kappa shape index (κ3) is 3.25. The van der Waals surface area contributed by atoms with Crippen LogP contribution in [-0.2, 0) is 9.84 Å². The molecule has 0 amide bonds. The van der Waals surface area contributed by atoms with Crippen molar-refractivity contribution in [2.45, 2.75) is 16.1 Å². The maximum Gasteiger partial charge on any atom is 0.269 e. The number of halogens is 2. The van der Waals surface area contributed by atoms with E-state index in [1.807, 2.05) is 0 Å². The molecule has 0 saturated carbocycles. The molecule has 6 nitrogen and oxygen atoms in total. The fourth-order valence-corrected chi connectivity index (χ4v) is 3.60. The van der Waals surface area contributed by atoms with Crippen LogP contribution in [0.25, 0.3) is 0 Å². The van der Waals surface area contributed by atoms with Gasteiger partial charge in [0.05, 0.1) is 10.7 Å². The van der Waals surface area contributed by atoms with Gasteiger partial charge in [-0.1, -0.05) is 18.5 Å². The Morgan fingerprint density at radius 2 is 1.95 bits per heavy atom. The van der Waals surface area contributed by atoms with Crippen molar-refractivity contribution in [3.8, 4) is 0 Å². The summed E-state index contributed by atoms with van der Waals surface area (Å²) in [6.07, 6.45) is -1.56. The molecule has 0 aromatic heterocycles. The number of benzene rings is 1. The number of alkyl halides is 2. The lowest BCUT2D eigenvalue weighted by Crippen LogP contribution is -2.34. The molecule has 0 aliphatic rings. The van der Waals surface area contributed by atoms with Crippen LogP contribution in [0.4, 0.5) is 5.69 Å². The van der Waals surface area contributed by atoms with Gasteiger partial charge in [0.15, 0.2) is 9.84 Å². The van der Waals surface area contributed by atoms with Gasteiger partial charge in [-0.25, -0.2) is 8.42 Å². The van der Waals surface area contributed by atoms with Crippen LogP contribution in [0, 0.1) is 10.1 Å². The van der Waals surface area contributed by atoms with Crippen LogP contribution in [0.2, 0.25) is 0 Å². The number of sulfone groups is 1. The minimum Gasteiger partial charge on any atom is -0.385 e. The third-order valence-corrected chi connectivity index (χ3v) is 7.17. The predicted octanol–water partition coefficient (Wildman–Crippen LogP) is 2.35. The van der Waals surface area contributed by atoms with E-state index < -0.39 is 24.0 Å². The second-order valence-electron chi connectivity index (χ2n) is 3.72. The van der Waals surface area contributed by atoms with Gasteiger partial charge in [-0.2, -0.15) is 0 Å². The maximum absolute atomic E-state index is 11.8. The molecule has 0 aliphatic heterocycles. The quantitative estimate of drug-likeness (QED) is 0.486. The van der Waals surface area contributed by atoms with Crippen molar-refractivity contribution >= 4 is 43.1 Å². The van der Waals surface area contributed by atoms with E-state index in [9.17, 15) is 23.6 Å². The zero-order valence-electron chi connectivity index (χ0n) is 9.79. The maximum atomic E-state index is 11.8. The van der Waals surface area contributed by atoms with Crippen LogP contribution in [-0.4, -0.2) is 27.3 Å². The number of nitro groups is 1. The molecule has 0 spiro atoms. The number of nitrogens with zero attached hydrogens (tertiary/aromatic N) is 1. The van der Waals surface area contributed by atoms with Gasteiger partial charge in [0.2, 0.25) is 3.12 Å². The molecule has 0 heterocycles. The number of nitro benzene ring substituents is 1. The minimum absolute atomic E-state index is 0.162. The average Bonchev–Trinajstić information content (AvgIpc) is 2.37. The van der Waals surface area contributed by atoms with Crippen LogP contribution in [0.3, 0.4) is 0 Å². The van der Waals surface area contributed by atoms with Crippen molar-refractivity contribution < 1.29 is 18.4 Å². The summed E-state index contributed by atoms with van der Waals surface area (Å²) in [5, 5.41) is 20.5. The molecule has 1 aromatic rings. The summed E-state index contributed by atoms with van der Waals surface area (Å²) in [6, 6.07) is 4.84. The first-order valence-corrected chi connectivity index (χ1v) is 7.98. The lowest BCUT2D eigenvalue weighted by molar-refractivity contribution is -0.384. The Labute approximate surface area is 123 Å². The molecule has 0 unspecified atom stereocenters. The number of aliphatic hydroxyl groups is 1. The summed E-state index contributed by atoms with van der Waals surface area (Å²) in [6.45, 7) is 1.40. The van der Waals surface area contributed by atoms with Crippen LogP contribution < -0.4 is 0 Å². The molecule has 1 N–H and O–H groups in total. The highest BCUT2D eigenvalue weighted by Gasteiger charge is 2.45. The number of hydrogen-bond acceptors (Lipinski definition) is 5. The Morgan fingerprint density at radius 1 is 1.47 bits per heavy atom. The standard InChI is InChI=1S/C10H11BrClNO5S/c1-2-19(17,18)10(11,12)9(14)7-3-5-8(6-4-7)13(15)16/h3-6,9,14H,2H2,1H3/t9-,10-/m0/s1. The van der Waals surface area contributed by atoms with Gasteiger partial charge in [0, 0.05) is 12.1 Å². The molecule has 2 atom stereocenters. The summed E-state index contributed by atoms with van der Waals surface area (Å²) in [4.78, 5) is 9.90. The molecule has 0 fully saturated rings. The highest BCUT2D eigenvalue weighted by Crippen LogP contribution is 2.43. The topological polar surface area (TPSA) is 97.5 Å². The van der Waals surface area contributed by atoms with Gasteiger partial charge < -0.3 is 5.11 Å². The molecule has 1 rings (SSSR count).